The summed E-state index contributed by atoms with van der Waals surface area (Å²) in [5.74, 6) is 1.05. The van der Waals surface area contributed by atoms with Gasteiger partial charge < -0.3 is 24.6 Å². The van der Waals surface area contributed by atoms with E-state index in [0.717, 1.165) is 38.6 Å². The van der Waals surface area contributed by atoms with Gasteiger partial charge in [0.1, 0.15) is 41.1 Å². The Morgan fingerprint density at radius 3 is 2.59 bits per heavy atom. The van der Waals surface area contributed by atoms with Crippen molar-refractivity contribution in [3.8, 4) is 35.4 Å². The number of aromatic nitrogens is 3. The summed E-state index contributed by atoms with van der Waals surface area (Å²) in [5.41, 5.74) is -1.26. The molecule has 2 bridgehead atoms. The first-order valence-corrected chi connectivity index (χ1v) is 17.3. The zero-order valence-corrected chi connectivity index (χ0v) is 27.0. The number of anilines is 1. The fourth-order valence-electron chi connectivity index (χ4n) is 9.13. The number of hydrogen-bond acceptors (Lipinski definition) is 8. The van der Waals surface area contributed by atoms with Crippen molar-refractivity contribution in [2.45, 2.75) is 81.2 Å². The number of benzene rings is 2. The van der Waals surface area contributed by atoms with E-state index in [1.54, 1.807) is 0 Å². The van der Waals surface area contributed by atoms with Crippen molar-refractivity contribution in [3.63, 3.8) is 0 Å². The minimum absolute atomic E-state index is 0.0555. The predicted molar refractivity (Wildman–Crippen MR) is 180 cm³/mol. The molecule has 2 aromatic carbocycles. The van der Waals surface area contributed by atoms with Crippen molar-refractivity contribution >= 4 is 27.5 Å². The molecule has 4 saturated heterocycles. The molecule has 4 aliphatic heterocycles. The van der Waals surface area contributed by atoms with Gasteiger partial charge in [0.25, 0.3) is 5.56 Å². The number of fused-ring (bicyclic) bond motifs is 5. The van der Waals surface area contributed by atoms with E-state index < -0.39 is 28.9 Å². The molecule has 0 spiro atoms. The number of nitrogens with one attached hydrogen (secondary N) is 1. The van der Waals surface area contributed by atoms with Crippen molar-refractivity contribution < 1.29 is 23.0 Å². The minimum atomic E-state index is -0.951. The van der Waals surface area contributed by atoms with E-state index in [0.29, 0.717) is 50.1 Å². The fraction of sp³-hybridized carbons (Fsp3) is 0.486. The molecular weight excluding hydrogens is 633 g/mol. The summed E-state index contributed by atoms with van der Waals surface area (Å²) >= 11 is 0. The van der Waals surface area contributed by atoms with Crippen LogP contribution in [0.2, 0.25) is 0 Å². The first kappa shape index (κ1) is 30.7. The maximum absolute atomic E-state index is 17.6. The van der Waals surface area contributed by atoms with E-state index in [-0.39, 0.29) is 69.6 Å². The second-order valence-corrected chi connectivity index (χ2v) is 14.5. The van der Waals surface area contributed by atoms with Crippen LogP contribution < -0.4 is 20.5 Å². The Morgan fingerprint density at radius 1 is 1.06 bits per heavy atom. The first-order chi connectivity index (χ1) is 23.7. The third-order valence-corrected chi connectivity index (χ3v) is 11.6. The lowest BCUT2D eigenvalue weighted by Crippen LogP contribution is -2.51. The van der Waals surface area contributed by atoms with Gasteiger partial charge in [-0.05, 0) is 75.1 Å². The summed E-state index contributed by atoms with van der Waals surface area (Å²) < 4.78 is 55.1. The number of alkyl halides is 1. The lowest BCUT2D eigenvalue weighted by molar-refractivity contribution is 0.107. The first-order valence-electron chi connectivity index (χ1n) is 17.3. The monoisotopic (exact) mass is 670 g/mol. The van der Waals surface area contributed by atoms with Crippen LogP contribution in [0.1, 0.15) is 63.0 Å². The van der Waals surface area contributed by atoms with Crippen LogP contribution in [-0.4, -0.2) is 81.1 Å². The van der Waals surface area contributed by atoms with Gasteiger partial charge >= 0.3 is 6.01 Å². The average Bonchev–Trinajstić information content (AvgIpc) is 3.71. The van der Waals surface area contributed by atoms with Crippen molar-refractivity contribution in [1.82, 2.24) is 24.8 Å². The van der Waals surface area contributed by atoms with Crippen LogP contribution in [0.25, 0.3) is 32.9 Å². The number of phenolic OH excluding ortho intramolecular Hbond substituents is 1. The highest BCUT2D eigenvalue weighted by molar-refractivity contribution is 6.03. The molecule has 2 unspecified atom stereocenters. The minimum Gasteiger partial charge on any atom is -0.508 e. The number of terminal acetylenes is 1. The van der Waals surface area contributed by atoms with Crippen molar-refractivity contribution in [2.24, 2.45) is 0 Å². The number of ether oxygens (including phenoxy) is 1. The Labute approximate surface area is 281 Å². The van der Waals surface area contributed by atoms with E-state index in [1.807, 2.05) is 4.90 Å². The van der Waals surface area contributed by atoms with Crippen molar-refractivity contribution in [2.75, 3.05) is 37.7 Å². The van der Waals surface area contributed by atoms with Crippen LogP contribution in [0, 0.1) is 24.0 Å². The third kappa shape index (κ3) is 4.80. The van der Waals surface area contributed by atoms with Gasteiger partial charge in [0.2, 0.25) is 0 Å². The van der Waals surface area contributed by atoms with Gasteiger partial charge in [-0.2, -0.15) is 9.97 Å². The molecule has 4 atom stereocenters. The van der Waals surface area contributed by atoms with E-state index in [4.69, 9.17) is 16.1 Å². The number of aromatic hydroxyl groups is 1. The van der Waals surface area contributed by atoms with Gasteiger partial charge in [-0.25, -0.2) is 13.2 Å². The van der Waals surface area contributed by atoms with E-state index in [1.165, 1.54) is 28.8 Å². The summed E-state index contributed by atoms with van der Waals surface area (Å²) in [5, 5.41) is 15.1. The van der Waals surface area contributed by atoms with Gasteiger partial charge in [0.15, 0.2) is 5.82 Å². The largest absolute Gasteiger partial charge is 0.508 e. The zero-order valence-electron chi connectivity index (χ0n) is 27.0. The van der Waals surface area contributed by atoms with Crippen LogP contribution in [0.3, 0.4) is 0 Å². The molecule has 1 saturated carbocycles. The predicted octanol–water partition coefficient (Wildman–Crippen LogP) is 5.20. The second-order valence-electron chi connectivity index (χ2n) is 14.5. The third-order valence-electron chi connectivity index (χ3n) is 11.6. The maximum Gasteiger partial charge on any atom is 0.319 e. The zero-order chi connectivity index (χ0) is 33.6. The Morgan fingerprint density at radius 2 is 1.86 bits per heavy atom. The molecule has 2 aromatic heterocycles. The number of pyridine rings is 1. The molecule has 49 heavy (non-hydrogen) atoms. The standard InChI is InChI=1S/C37H37F3N6O3/c1-2-26-28(39)10-7-20-13-25(47)14-27(29(20)26)33-31(40)32-30(35(48)46(33)24-5-3-6-24)34(44-17-22-8-9-23(18-44)41-22)43-36(42-32)49-19-37-11-4-12-45(37)16-21(38)15-37/h1,7,10,13-14,21-24,41,47H,3-6,8-9,11-12,15-19H2/t21-,22?,23?,37+/m1/s1. The molecule has 254 valence electrons. The van der Waals surface area contributed by atoms with E-state index in [2.05, 4.69) is 21.1 Å². The molecule has 9 nitrogen and oxygen atoms in total. The number of piperazine rings is 1. The number of nitrogens with zero attached hydrogens (tertiary/aromatic N) is 5. The van der Waals surface area contributed by atoms with E-state index in [9.17, 15) is 14.3 Å². The van der Waals surface area contributed by atoms with Gasteiger partial charge in [0.05, 0.1) is 16.8 Å². The van der Waals surface area contributed by atoms with Gasteiger partial charge in [-0.3, -0.25) is 9.69 Å². The van der Waals surface area contributed by atoms with Gasteiger partial charge in [-0.1, -0.05) is 12.0 Å². The molecule has 12 heteroatoms. The maximum atomic E-state index is 17.6. The summed E-state index contributed by atoms with van der Waals surface area (Å²) in [4.78, 5) is 28.4. The molecule has 0 radical (unpaired) electrons. The second kappa shape index (κ2) is 11.4. The number of phenols is 1. The molecule has 5 aliphatic rings. The summed E-state index contributed by atoms with van der Waals surface area (Å²) in [6.07, 6.45) is 11.0. The van der Waals surface area contributed by atoms with Crippen LogP contribution in [0.4, 0.5) is 19.0 Å². The van der Waals surface area contributed by atoms with Crippen molar-refractivity contribution in [1.29, 1.82) is 0 Å². The van der Waals surface area contributed by atoms with E-state index >= 15 is 8.78 Å². The fourth-order valence-corrected chi connectivity index (χ4v) is 9.13. The summed E-state index contributed by atoms with van der Waals surface area (Å²) in [7, 11) is 0. The summed E-state index contributed by atoms with van der Waals surface area (Å²) in [6, 6.07) is 5.44. The number of rotatable bonds is 6. The smallest absolute Gasteiger partial charge is 0.319 e. The number of halogens is 3. The normalized spacial score (nSPS) is 26.7. The topological polar surface area (TPSA) is 95.8 Å². The van der Waals surface area contributed by atoms with Gasteiger partial charge in [-0.15, -0.1) is 6.42 Å². The SMILES string of the molecule is C#Cc1c(F)ccc2cc(O)cc(-c3c(F)c4nc(OC[C@@]56CCCN5C[C@H](F)C6)nc(N5CC6CCC(C5)N6)c4c(=O)n3C3CCC3)c12. The Bertz CT molecular complexity index is 2120. The molecule has 0 amide bonds. The highest BCUT2D eigenvalue weighted by Gasteiger charge is 2.49. The van der Waals surface area contributed by atoms with Gasteiger partial charge in [0, 0.05) is 55.1 Å². The molecule has 2 N–H and O–H groups in total. The highest BCUT2D eigenvalue weighted by Crippen LogP contribution is 2.44. The quantitative estimate of drug-likeness (QED) is 0.271. The molecule has 6 heterocycles. The Kier molecular flexibility index (Phi) is 7.11. The average molecular weight is 671 g/mol. The van der Waals surface area contributed by atoms with Crippen molar-refractivity contribution in [3.05, 3.63) is 51.8 Å². The molecular formula is C37H37F3N6O3. The van der Waals surface area contributed by atoms with Crippen LogP contribution in [-0.2, 0) is 0 Å². The van der Waals surface area contributed by atoms with Crippen LogP contribution in [0.15, 0.2) is 29.1 Å². The lowest BCUT2D eigenvalue weighted by atomic mass is 9.90. The van der Waals surface area contributed by atoms with Crippen LogP contribution >= 0.6 is 0 Å². The molecule has 4 aromatic rings. The Hall–Kier alpha value is -4.34. The molecule has 5 fully saturated rings. The molecule has 1 aliphatic carbocycles. The highest BCUT2D eigenvalue weighted by atomic mass is 19.1. The number of hydrogen-bond donors (Lipinski definition) is 2. The van der Waals surface area contributed by atoms with Crippen LogP contribution in [0.5, 0.6) is 11.8 Å². The Balaban J connectivity index is 1.29. The molecule has 9 rings (SSSR count). The summed E-state index contributed by atoms with van der Waals surface area (Å²) in [6.45, 7) is 2.44. The lowest BCUT2D eigenvalue weighted by Gasteiger charge is -2.35.